The maximum absolute atomic E-state index is 13.3. The van der Waals surface area contributed by atoms with Gasteiger partial charge in [-0.25, -0.2) is 18.9 Å². The Kier molecular flexibility index (Phi) is 5.11. The largest absolute Gasteiger partial charge is 0.369 e. The van der Waals surface area contributed by atoms with E-state index in [4.69, 9.17) is 5.73 Å². The number of primary amides is 1. The van der Waals surface area contributed by atoms with E-state index in [2.05, 4.69) is 10.1 Å². The molecule has 8 nitrogen and oxygen atoms in total. The Bertz CT molecular complexity index is 1080. The number of aromatic nitrogens is 3. The third-order valence-corrected chi connectivity index (χ3v) is 8.32. The van der Waals surface area contributed by atoms with Crippen LogP contribution >= 0.6 is 0 Å². The highest BCUT2D eigenvalue weighted by molar-refractivity contribution is 5.82. The van der Waals surface area contributed by atoms with Crippen LogP contribution in [0.2, 0.25) is 0 Å². The van der Waals surface area contributed by atoms with Crippen LogP contribution < -0.4 is 5.73 Å². The van der Waals surface area contributed by atoms with E-state index in [1.165, 1.54) is 25.0 Å². The molecule has 6 rings (SSSR count). The Labute approximate surface area is 198 Å². The Morgan fingerprint density at radius 3 is 2.32 bits per heavy atom. The number of nitrogens with zero attached hydrogens (tertiary/aromatic N) is 5. The van der Waals surface area contributed by atoms with Gasteiger partial charge in [-0.3, -0.25) is 4.79 Å². The maximum atomic E-state index is 13.3. The lowest BCUT2D eigenvalue weighted by molar-refractivity contribution is -0.121. The van der Waals surface area contributed by atoms with Gasteiger partial charge in [0.1, 0.15) is 12.1 Å². The second-order valence-corrected chi connectivity index (χ2v) is 10.8. The summed E-state index contributed by atoms with van der Waals surface area (Å²) in [4.78, 5) is 33.6. The van der Waals surface area contributed by atoms with Crippen molar-refractivity contribution < 1.29 is 14.0 Å². The molecule has 1 spiro atoms. The quantitative estimate of drug-likeness (QED) is 0.732. The highest BCUT2D eigenvalue weighted by Crippen LogP contribution is 2.54. The first-order valence-corrected chi connectivity index (χ1v) is 12.4. The van der Waals surface area contributed by atoms with E-state index < -0.39 is 11.8 Å². The molecule has 1 aromatic heterocycles. The molecule has 2 aliphatic heterocycles. The third kappa shape index (κ3) is 3.84. The van der Waals surface area contributed by atoms with Crippen molar-refractivity contribution in [3.63, 3.8) is 0 Å². The summed E-state index contributed by atoms with van der Waals surface area (Å²) in [6, 6.07) is 6.51. The third-order valence-electron chi connectivity index (χ3n) is 8.32. The van der Waals surface area contributed by atoms with Gasteiger partial charge in [0.2, 0.25) is 5.91 Å². The standard InChI is InChI=1S/C25H31FN6O2/c26-19-5-3-16(4-6-19)21(22(27)33)17-7-9-30(10-8-17)24(34)31-13-25(14-31)11-20(12-25)32-15-28-23(29-32)18-1-2-18/h3-6,15,17-18,20-21H,1-2,7-14H2,(H2,27,33). The average Bonchev–Trinajstić information content (AvgIpc) is 3.51. The van der Waals surface area contributed by atoms with Crippen LogP contribution in [-0.2, 0) is 4.79 Å². The number of hydrogen-bond donors (Lipinski definition) is 1. The highest BCUT2D eigenvalue weighted by Gasteiger charge is 2.55. The summed E-state index contributed by atoms with van der Waals surface area (Å²) < 4.78 is 15.3. The monoisotopic (exact) mass is 466 g/mol. The molecule has 4 fully saturated rings. The van der Waals surface area contributed by atoms with Gasteiger partial charge in [-0.2, -0.15) is 5.10 Å². The number of urea groups is 1. The van der Waals surface area contributed by atoms with E-state index in [0.717, 1.165) is 37.3 Å². The molecule has 2 saturated carbocycles. The summed E-state index contributed by atoms with van der Waals surface area (Å²) in [6.07, 6.45) is 7.85. The molecular formula is C25H31FN6O2. The van der Waals surface area contributed by atoms with E-state index in [-0.39, 0.29) is 23.2 Å². The van der Waals surface area contributed by atoms with Crippen LogP contribution in [0, 0.1) is 17.2 Å². The van der Waals surface area contributed by atoms with Crippen LogP contribution in [0.1, 0.15) is 67.8 Å². The van der Waals surface area contributed by atoms with Crippen molar-refractivity contribution in [3.8, 4) is 0 Å². The van der Waals surface area contributed by atoms with Crippen LogP contribution in [0.4, 0.5) is 9.18 Å². The fourth-order valence-electron chi connectivity index (χ4n) is 6.24. The molecule has 1 atom stereocenters. The van der Waals surface area contributed by atoms with Gasteiger partial charge in [0.15, 0.2) is 5.82 Å². The highest BCUT2D eigenvalue weighted by atomic mass is 19.1. The molecule has 4 aliphatic rings. The molecule has 34 heavy (non-hydrogen) atoms. The Morgan fingerprint density at radius 1 is 1.03 bits per heavy atom. The summed E-state index contributed by atoms with van der Waals surface area (Å²) in [5, 5.41) is 4.67. The zero-order valence-corrected chi connectivity index (χ0v) is 19.3. The minimum atomic E-state index is -0.450. The SMILES string of the molecule is NC(=O)C(c1ccc(F)cc1)C1CCN(C(=O)N2CC3(CC(n4cnc(C5CC5)n4)C3)C2)CC1. The number of amides is 3. The van der Waals surface area contributed by atoms with Crippen molar-refractivity contribution in [3.05, 3.63) is 47.8 Å². The molecule has 0 bridgehead atoms. The first-order chi connectivity index (χ1) is 16.4. The molecule has 9 heteroatoms. The van der Waals surface area contributed by atoms with Gasteiger partial charge in [0, 0.05) is 37.5 Å². The zero-order chi connectivity index (χ0) is 23.4. The lowest BCUT2D eigenvalue weighted by atomic mass is 9.61. The first kappa shape index (κ1) is 21.6. The van der Waals surface area contributed by atoms with Crippen molar-refractivity contribution in [1.29, 1.82) is 0 Å². The Balaban J connectivity index is 0.992. The molecule has 1 aromatic carbocycles. The fourth-order valence-corrected chi connectivity index (χ4v) is 6.24. The predicted octanol–water partition coefficient (Wildman–Crippen LogP) is 3.03. The van der Waals surface area contributed by atoms with Crippen LogP contribution in [0.5, 0.6) is 0 Å². The lowest BCUT2D eigenvalue weighted by Gasteiger charge is -2.59. The molecule has 2 aromatic rings. The number of hydrogen-bond acceptors (Lipinski definition) is 4. The van der Waals surface area contributed by atoms with Crippen LogP contribution in [0.3, 0.4) is 0 Å². The van der Waals surface area contributed by atoms with E-state index in [9.17, 15) is 14.0 Å². The van der Waals surface area contributed by atoms with Gasteiger partial charge in [0.25, 0.3) is 0 Å². The number of benzene rings is 1. The molecule has 2 aliphatic carbocycles. The van der Waals surface area contributed by atoms with Crippen molar-refractivity contribution in [2.24, 2.45) is 17.1 Å². The smallest absolute Gasteiger partial charge is 0.320 e. The molecule has 1 unspecified atom stereocenters. The van der Waals surface area contributed by atoms with Gasteiger partial charge in [0.05, 0.1) is 12.0 Å². The zero-order valence-electron chi connectivity index (χ0n) is 19.3. The second-order valence-electron chi connectivity index (χ2n) is 10.8. The van der Waals surface area contributed by atoms with E-state index >= 15 is 0 Å². The number of rotatable bonds is 5. The molecule has 2 saturated heterocycles. The summed E-state index contributed by atoms with van der Waals surface area (Å²) in [5.41, 5.74) is 6.69. The summed E-state index contributed by atoms with van der Waals surface area (Å²) in [5.74, 6) is 0.455. The summed E-state index contributed by atoms with van der Waals surface area (Å²) >= 11 is 0. The van der Waals surface area contributed by atoms with Gasteiger partial charge >= 0.3 is 6.03 Å². The Morgan fingerprint density at radius 2 is 1.71 bits per heavy atom. The number of likely N-dealkylation sites (tertiary alicyclic amines) is 2. The van der Waals surface area contributed by atoms with Gasteiger partial charge in [-0.15, -0.1) is 0 Å². The van der Waals surface area contributed by atoms with Gasteiger partial charge < -0.3 is 15.5 Å². The predicted molar refractivity (Wildman–Crippen MR) is 122 cm³/mol. The van der Waals surface area contributed by atoms with Crippen molar-refractivity contribution in [2.45, 2.75) is 56.4 Å². The number of halogens is 1. The molecule has 180 valence electrons. The minimum absolute atomic E-state index is 0.0605. The maximum Gasteiger partial charge on any atom is 0.320 e. The first-order valence-electron chi connectivity index (χ1n) is 12.4. The lowest BCUT2D eigenvalue weighted by Crippen LogP contribution is -2.66. The average molecular weight is 467 g/mol. The van der Waals surface area contributed by atoms with E-state index in [1.807, 2.05) is 20.8 Å². The van der Waals surface area contributed by atoms with Crippen LogP contribution in [-0.4, -0.2) is 62.7 Å². The molecule has 2 N–H and O–H groups in total. The Hall–Kier alpha value is -2.97. The minimum Gasteiger partial charge on any atom is -0.369 e. The van der Waals surface area contributed by atoms with Crippen molar-refractivity contribution in [2.75, 3.05) is 26.2 Å². The van der Waals surface area contributed by atoms with Gasteiger partial charge in [-0.05, 0) is 62.1 Å². The second kappa shape index (κ2) is 8.06. The van der Waals surface area contributed by atoms with E-state index in [0.29, 0.717) is 37.9 Å². The summed E-state index contributed by atoms with van der Waals surface area (Å²) in [7, 11) is 0. The molecular weight excluding hydrogens is 435 g/mol. The molecule has 3 heterocycles. The topological polar surface area (TPSA) is 97.3 Å². The van der Waals surface area contributed by atoms with Crippen LogP contribution in [0.25, 0.3) is 0 Å². The van der Waals surface area contributed by atoms with Gasteiger partial charge in [-0.1, -0.05) is 12.1 Å². The van der Waals surface area contributed by atoms with E-state index in [1.54, 1.807) is 12.1 Å². The van der Waals surface area contributed by atoms with Crippen molar-refractivity contribution >= 4 is 11.9 Å². The van der Waals surface area contributed by atoms with Crippen molar-refractivity contribution in [1.82, 2.24) is 24.6 Å². The number of nitrogens with two attached hydrogens (primary N) is 1. The normalized spacial score (nSPS) is 23.4. The fraction of sp³-hybridized carbons (Fsp3) is 0.600. The summed E-state index contributed by atoms with van der Waals surface area (Å²) in [6.45, 7) is 2.85. The number of carbonyl (C=O) groups is 2. The number of carbonyl (C=O) groups excluding carboxylic acids is 2. The number of piperidine rings is 1. The molecule has 0 radical (unpaired) electrons. The molecule has 3 amide bonds. The van der Waals surface area contributed by atoms with Crippen LogP contribution in [0.15, 0.2) is 30.6 Å².